The van der Waals surface area contributed by atoms with E-state index in [9.17, 15) is 4.79 Å². The third kappa shape index (κ3) is 2.21. The van der Waals surface area contributed by atoms with Crippen LogP contribution in [-0.4, -0.2) is 12.6 Å². The van der Waals surface area contributed by atoms with Crippen molar-refractivity contribution in [3.63, 3.8) is 0 Å². The van der Waals surface area contributed by atoms with Crippen LogP contribution in [0.1, 0.15) is 33.1 Å². The molecule has 1 aliphatic heterocycles. The first kappa shape index (κ1) is 8.57. The topological polar surface area (TPSA) is 26.3 Å². The van der Waals surface area contributed by atoms with Gasteiger partial charge in [0.25, 0.3) is 0 Å². The van der Waals surface area contributed by atoms with Crippen LogP contribution in [0.15, 0.2) is 0 Å². The van der Waals surface area contributed by atoms with E-state index in [1.165, 1.54) is 12.8 Å². The van der Waals surface area contributed by atoms with E-state index in [1.54, 1.807) is 0 Å². The molecule has 1 heterocycles. The molecule has 11 heavy (non-hydrogen) atoms. The summed E-state index contributed by atoms with van der Waals surface area (Å²) in [6, 6.07) is 0. The highest BCUT2D eigenvalue weighted by Crippen LogP contribution is 2.25. The lowest BCUT2D eigenvalue weighted by molar-refractivity contribution is -0.137. The van der Waals surface area contributed by atoms with E-state index < -0.39 is 0 Å². The number of hydrogen-bond acceptors (Lipinski definition) is 2. The van der Waals surface area contributed by atoms with Crippen molar-refractivity contribution in [3.8, 4) is 0 Å². The van der Waals surface area contributed by atoms with Gasteiger partial charge in [-0.25, -0.2) is 0 Å². The molecular formula is C9H16O2. The fourth-order valence-corrected chi connectivity index (χ4v) is 1.59. The van der Waals surface area contributed by atoms with Crippen molar-refractivity contribution in [1.29, 1.82) is 0 Å². The maximum absolute atomic E-state index is 10.7. The third-order valence-electron chi connectivity index (χ3n) is 2.44. The summed E-state index contributed by atoms with van der Waals surface area (Å²) in [6.45, 7) is 5.03. The van der Waals surface area contributed by atoms with E-state index in [1.807, 2.05) is 0 Å². The lowest BCUT2D eigenvalue weighted by Crippen LogP contribution is -2.10. The Hall–Kier alpha value is -0.530. The second kappa shape index (κ2) is 3.74. The minimum absolute atomic E-state index is 0.0158. The summed E-state index contributed by atoms with van der Waals surface area (Å²) in [5.74, 6) is 1.12. The molecule has 0 aliphatic carbocycles. The third-order valence-corrected chi connectivity index (χ3v) is 2.44. The molecule has 2 nitrogen and oxygen atoms in total. The summed E-state index contributed by atoms with van der Waals surface area (Å²) in [5.41, 5.74) is 0. The maximum atomic E-state index is 10.7. The maximum Gasteiger partial charge on any atom is 0.306 e. The number of esters is 1. The van der Waals surface area contributed by atoms with Gasteiger partial charge in [-0.3, -0.25) is 4.79 Å². The van der Waals surface area contributed by atoms with E-state index in [-0.39, 0.29) is 5.97 Å². The number of carbonyl (C=O) groups excluding carboxylic acids is 1. The highest BCUT2D eigenvalue weighted by atomic mass is 16.5. The largest absolute Gasteiger partial charge is 0.465 e. The number of ether oxygens (including phenoxy) is 1. The first-order valence-electron chi connectivity index (χ1n) is 4.39. The molecular weight excluding hydrogens is 140 g/mol. The zero-order chi connectivity index (χ0) is 8.27. The molecule has 0 bridgehead atoms. The second-order valence-electron chi connectivity index (χ2n) is 3.41. The molecule has 2 unspecified atom stereocenters. The average molecular weight is 156 g/mol. The van der Waals surface area contributed by atoms with Crippen molar-refractivity contribution in [1.82, 2.24) is 0 Å². The molecule has 2 atom stereocenters. The van der Waals surface area contributed by atoms with Crippen LogP contribution in [0.3, 0.4) is 0 Å². The molecule has 0 saturated carbocycles. The van der Waals surface area contributed by atoms with Gasteiger partial charge in [0.15, 0.2) is 0 Å². The van der Waals surface area contributed by atoms with Gasteiger partial charge in [0.1, 0.15) is 0 Å². The molecule has 0 amide bonds. The SMILES string of the molecule is CCCC(C)C1COC(=O)C1. The smallest absolute Gasteiger partial charge is 0.306 e. The van der Waals surface area contributed by atoms with Gasteiger partial charge in [0.05, 0.1) is 13.0 Å². The van der Waals surface area contributed by atoms with Crippen molar-refractivity contribution in [2.24, 2.45) is 11.8 Å². The highest BCUT2D eigenvalue weighted by Gasteiger charge is 2.27. The first-order chi connectivity index (χ1) is 5.24. The molecule has 1 rings (SSSR count). The van der Waals surface area contributed by atoms with E-state index in [4.69, 9.17) is 4.74 Å². The van der Waals surface area contributed by atoms with Crippen molar-refractivity contribution in [2.75, 3.05) is 6.61 Å². The van der Waals surface area contributed by atoms with Crippen molar-refractivity contribution in [2.45, 2.75) is 33.1 Å². The molecule has 64 valence electrons. The molecule has 0 radical (unpaired) electrons. The number of hydrogen-bond donors (Lipinski definition) is 0. The van der Waals surface area contributed by atoms with Gasteiger partial charge in [-0.15, -0.1) is 0 Å². The predicted octanol–water partition coefficient (Wildman–Crippen LogP) is 1.99. The van der Waals surface area contributed by atoms with Crippen LogP contribution < -0.4 is 0 Å². The molecule has 0 N–H and O–H groups in total. The summed E-state index contributed by atoms with van der Waals surface area (Å²) in [5, 5.41) is 0. The zero-order valence-corrected chi connectivity index (χ0v) is 7.30. The van der Waals surface area contributed by atoms with Crippen LogP contribution >= 0.6 is 0 Å². The van der Waals surface area contributed by atoms with Crippen LogP contribution in [0.2, 0.25) is 0 Å². The summed E-state index contributed by atoms with van der Waals surface area (Å²) in [4.78, 5) is 10.7. The van der Waals surface area contributed by atoms with Gasteiger partial charge in [-0.05, 0) is 5.92 Å². The minimum Gasteiger partial charge on any atom is -0.465 e. The normalized spacial score (nSPS) is 26.7. The van der Waals surface area contributed by atoms with Gasteiger partial charge >= 0.3 is 5.97 Å². The molecule has 1 saturated heterocycles. The Morgan fingerprint density at radius 1 is 1.73 bits per heavy atom. The molecule has 1 fully saturated rings. The van der Waals surface area contributed by atoms with Crippen molar-refractivity contribution < 1.29 is 9.53 Å². The summed E-state index contributed by atoms with van der Waals surface area (Å²) in [6.07, 6.45) is 3.05. The second-order valence-corrected chi connectivity index (χ2v) is 3.41. The molecule has 0 aromatic rings. The fraction of sp³-hybridized carbons (Fsp3) is 0.889. The minimum atomic E-state index is -0.0158. The van der Waals surface area contributed by atoms with Gasteiger partial charge in [-0.1, -0.05) is 26.7 Å². The predicted molar refractivity (Wildman–Crippen MR) is 43.1 cm³/mol. The molecule has 0 aromatic heterocycles. The van der Waals surface area contributed by atoms with Gasteiger partial charge < -0.3 is 4.74 Å². The van der Waals surface area contributed by atoms with E-state index in [0.717, 1.165) is 0 Å². The van der Waals surface area contributed by atoms with Crippen LogP contribution in [0.25, 0.3) is 0 Å². The zero-order valence-electron chi connectivity index (χ0n) is 7.30. The average Bonchev–Trinajstić information content (AvgIpc) is 2.36. The summed E-state index contributed by atoms with van der Waals surface area (Å²) < 4.78 is 4.89. The van der Waals surface area contributed by atoms with Crippen LogP contribution in [0.5, 0.6) is 0 Å². The summed E-state index contributed by atoms with van der Waals surface area (Å²) in [7, 11) is 0. The number of carbonyl (C=O) groups is 1. The molecule has 0 spiro atoms. The number of rotatable bonds is 3. The van der Waals surface area contributed by atoms with Crippen LogP contribution in [-0.2, 0) is 9.53 Å². The Balaban J connectivity index is 2.30. The first-order valence-corrected chi connectivity index (χ1v) is 4.39. The monoisotopic (exact) mass is 156 g/mol. The lowest BCUT2D eigenvalue weighted by Gasteiger charge is -2.14. The van der Waals surface area contributed by atoms with Gasteiger partial charge in [0.2, 0.25) is 0 Å². The van der Waals surface area contributed by atoms with E-state index >= 15 is 0 Å². The lowest BCUT2D eigenvalue weighted by atomic mass is 9.90. The van der Waals surface area contributed by atoms with Crippen LogP contribution in [0, 0.1) is 11.8 Å². The standard InChI is InChI=1S/C9H16O2/c1-3-4-7(2)8-5-9(10)11-6-8/h7-8H,3-6H2,1-2H3. The highest BCUT2D eigenvalue weighted by molar-refractivity contribution is 5.71. The summed E-state index contributed by atoms with van der Waals surface area (Å²) >= 11 is 0. The van der Waals surface area contributed by atoms with Gasteiger partial charge in [0, 0.05) is 5.92 Å². The molecule has 0 aromatic carbocycles. The Labute approximate surface area is 67.9 Å². The Bertz CT molecular complexity index is 142. The Morgan fingerprint density at radius 3 is 2.91 bits per heavy atom. The van der Waals surface area contributed by atoms with E-state index in [2.05, 4.69) is 13.8 Å². The Kier molecular flexibility index (Phi) is 2.92. The van der Waals surface area contributed by atoms with Crippen LogP contribution in [0.4, 0.5) is 0 Å². The van der Waals surface area contributed by atoms with Crippen molar-refractivity contribution >= 4 is 5.97 Å². The van der Waals surface area contributed by atoms with Crippen molar-refractivity contribution in [3.05, 3.63) is 0 Å². The van der Waals surface area contributed by atoms with E-state index in [0.29, 0.717) is 24.9 Å². The van der Waals surface area contributed by atoms with Gasteiger partial charge in [-0.2, -0.15) is 0 Å². The number of cyclic esters (lactones) is 1. The fourth-order valence-electron chi connectivity index (χ4n) is 1.59. The Morgan fingerprint density at radius 2 is 2.45 bits per heavy atom. The quantitative estimate of drug-likeness (QED) is 0.584. The molecule has 1 aliphatic rings. The molecule has 2 heteroatoms.